The van der Waals surface area contributed by atoms with Gasteiger partial charge in [-0.25, -0.2) is 0 Å². The van der Waals surface area contributed by atoms with Gasteiger partial charge in [-0.15, -0.1) is 0 Å². The molecule has 0 aliphatic carbocycles. The summed E-state index contributed by atoms with van der Waals surface area (Å²) in [6.45, 7) is 6.00. The van der Waals surface area contributed by atoms with Crippen LogP contribution < -0.4 is 9.57 Å². The van der Waals surface area contributed by atoms with Gasteiger partial charge in [0.2, 0.25) is 5.69 Å². The van der Waals surface area contributed by atoms with Crippen LogP contribution in [0.2, 0.25) is 0 Å². The molecule has 0 saturated carbocycles. The highest BCUT2D eigenvalue weighted by molar-refractivity contribution is 6.39. The summed E-state index contributed by atoms with van der Waals surface area (Å²) in [5, 5.41) is -1.19. The van der Waals surface area contributed by atoms with Gasteiger partial charge in [-0.3, -0.25) is 9.63 Å². The lowest BCUT2D eigenvalue weighted by molar-refractivity contribution is -0.893. The highest BCUT2D eigenvalue weighted by Gasteiger charge is 2.43. The Balaban J connectivity index is 1.92. The van der Waals surface area contributed by atoms with Gasteiger partial charge in [0, 0.05) is 48.4 Å². The Hall–Kier alpha value is -1.53. The molecule has 24 heavy (non-hydrogen) atoms. The molecule has 0 N–H and O–H groups in total. The van der Waals surface area contributed by atoms with Crippen LogP contribution in [0.4, 0.5) is 0 Å². The third kappa shape index (κ3) is 3.05. The van der Waals surface area contributed by atoms with Crippen molar-refractivity contribution in [1.29, 1.82) is 0 Å². The van der Waals surface area contributed by atoms with E-state index in [1.54, 1.807) is 23.1 Å². The SMILES string of the molecule is [B]C([B])(c1cccc(C(=O)N2CCOCC2)[n+]1OC)N1CC(C)C1. The molecule has 0 bridgehead atoms. The first-order valence-corrected chi connectivity index (χ1v) is 8.25. The van der Waals surface area contributed by atoms with Crippen LogP contribution >= 0.6 is 0 Å². The van der Waals surface area contributed by atoms with Crippen molar-refractivity contribution in [1.82, 2.24) is 9.80 Å². The van der Waals surface area contributed by atoms with Gasteiger partial charge >= 0.3 is 11.6 Å². The van der Waals surface area contributed by atoms with Gasteiger partial charge in [0.15, 0.2) is 0 Å². The molecule has 2 saturated heterocycles. The van der Waals surface area contributed by atoms with E-state index in [4.69, 9.17) is 25.3 Å². The molecule has 8 heteroatoms. The largest absolute Gasteiger partial charge is 0.378 e. The third-order valence-corrected chi connectivity index (χ3v) is 4.64. The molecule has 2 fully saturated rings. The zero-order chi connectivity index (χ0) is 17.3. The number of carbonyl (C=O) groups is 1. The van der Waals surface area contributed by atoms with E-state index in [0.29, 0.717) is 43.6 Å². The predicted molar refractivity (Wildman–Crippen MR) is 89.8 cm³/mol. The van der Waals surface area contributed by atoms with E-state index in [-0.39, 0.29) is 5.91 Å². The Morgan fingerprint density at radius 3 is 2.58 bits per heavy atom. The second-order valence-electron chi connectivity index (χ2n) is 6.51. The second-order valence-corrected chi connectivity index (χ2v) is 6.51. The molecular weight excluding hydrogens is 304 g/mol. The van der Waals surface area contributed by atoms with Gasteiger partial charge in [0.05, 0.1) is 28.9 Å². The molecule has 2 aliphatic heterocycles. The zero-order valence-corrected chi connectivity index (χ0v) is 14.3. The number of nitrogens with zero attached hydrogens (tertiary/aromatic N) is 3. The maximum atomic E-state index is 12.8. The van der Waals surface area contributed by atoms with Crippen molar-refractivity contribution >= 4 is 21.6 Å². The number of likely N-dealkylation sites (tertiary alicyclic amines) is 1. The number of hydrogen-bond acceptors (Lipinski definition) is 4. The molecule has 1 aromatic heterocycles. The Bertz CT molecular complexity index is 615. The van der Waals surface area contributed by atoms with E-state index in [0.717, 1.165) is 13.1 Å². The molecule has 0 aromatic carbocycles. The molecule has 1 amide bonds. The van der Waals surface area contributed by atoms with Crippen molar-refractivity contribution in [3.8, 4) is 0 Å². The van der Waals surface area contributed by atoms with Crippen LogP contribution in [0.5, 0.6) is 0 Å². The first-order valence-electron chi connectivity index (χ1n) is 8.25. The first-order chi connectivity index (χ1) is 11.4. The van der Waals surface area contributed by atoms with E-state index >= 15 is 0 Å². The smallest absolute Gasteiger partial charge is 0.323 e. The van der Waals surface area contributed by atoms with Gasteiger partial charge < -0.3 is 14.5 Å². The highest BCUT2D eigenvalue weighted by atomic mass is 16.6. The van der Waals surface area contributed by atoms with Gasteiger partial charge in [0.25, 0.3) is 0 Å². The lowest BCUT2D eigenvalue weighted by Crippen LogP contribution is -2.65. The van der Waals surface area contributed by atoms with Crippen molar-refractivity contribution in [3.63, 3.8) is 0 Å². The number of ether oxygens (including phenoxy) is 1. The summed E-state index contributed by atoms with van der Waals surface area (Å²) >= 11 is 0. The van der Waals surface area contributed by atoms with Crippen LogP contribution in [0, 0.1) is 5.92 Å². The number of hydrogen-bond donors (Lipinski definition) is 0. The molecule has 6 nitrogen and oxygen atoms in total. The number of aromatic nitrogens is 1. The summed E-state index contributed by atoms with van der Waals surface area (Å²) in [6, 6.07) is 5.30. The van der Waals surface area contributed by atoms with Crippen molar-refractivity contribution in [3.05, 3.63) is 29.6 Å². The average Bonchev–Trinajstić information content (AvgIpc) is 2.58. The van der Waals surface area contributed by atoms with Crippen LogP contribution in [0.3, 0.4) is 0 Å². The van der Waals surface area contributed by atoms with Crippen molar-refractivity contribution in [2.75, 3.05) is 46.5 Å². The topological polar surface area (TPSA) is 45.9 Å². The first kappa shape index (κ1) is 17.3. The summed E-state index contributed by atoms with van der Waals surface area (Å²) in [4.78, 5) is 22.0. The van der Waals surface area contributed by atoms with Gasteiger partial charge in [0.1, 0.15) is 7.11 Å². The van der Waals surface area contributed by atoms with E-state index < -0.39 is 5.34 Å². The summed E-state index contributed by atoms with van der Waals surface area (Å²) in [7, 11) is 14.3. The predicted octanol–water partition coefficient (Wildman–Crippen LogP) is -1.10. The minimum atomic E-state index is -1.19. The summed E-state index contributed by atoms with van der Waals surface area (Å²) < 4.78 is 6.75. The molecule has 124 valence electrons. The lowest BCUT2D eigenvalue weighted by Gasteiger charge is -2.47. The monoisotopic (exact) mass is 326 g/mol. The number of pyridine rings is 1. The maximum absolute atomic E-state index is 12.8. The summed E-state index contributed by atoms with van der Waals surface area (Å²) in [6.07, 6.45) is 0. The van der Waals surface area contributed by atoms with Gasteiger partial charge in [-0.05, 0) is 12.0 Å². The molecule has 3 heterocycles. The summed E-state index contributed by atoms with van der Waals surface area (Å²) in [5.41, 5.74) is 0.960. The lowest BCUT2D eigenvalue weighted by atomic mass is 9.57. The summed E-state index contributed by atoms with van der Waals surface area (Å²) in [5.74, 6) is 0.445. The third-order valence-electron chi connectivity index (χ3n) is 4.64. The number of rotatable bonds is 4. The molecule has 4 radical (unpaired) electrons. The molecule has 0 unspecified atom stereocenters. The van der Waals surface area contributed by atoms with Gasteiger partial charge in [-0.1, -0.05) is 6.92 Å². The standard InChI is InChI=1S/C16H22B2N3O3/c1-12-10-20(11-12)16(17,18)14-5-3-4-13(21(14)23-2)15(22)19-6-8-24-9-7-19/h3-5,12H,6-11H2,1-2H3/q+1. The van der Waals surface area contributed by atoms with E-state index in [2.05, 4.69) is 6.92 Å². The molecule has 0 atom stereocenters. The van der Waals surface area contributed by atoms with Crippen molar-refractivity contribution in [2.45, 2.75) is 12.3 Å². The Labute approximate surface area is 145 Å². The number of carbonyl (C=O) groups excluding carboxylic acids is 1. The van der Waals surface area contributed by atoms with Crippen LogP contribution in [-0.2, 0) is 10.1 Å². The Morgan fingerprint density at radius 2 is 2.00 bits per heavy atom. The molecule has 1 aromatic rings. The Morgan fingerprint density at radius 1 is 1.33 bits per heavy atom. The van der Waals surface area contributed by atoms with Crippen LogP contribution in [0.25, 0.3) is 0 Å². The fourth-order valence-corrected chi connectivity index (χ4v) is 3.24. The van der Waals surface area contributed by atoms with E-state index in [1.165, 1.54) is 11.8 Å². The molecular formula is C16H22B2N3O3+. The highest BCUT2D eigenvalue weighted by Crippen LogP contribution is 2.28. The minimum Gasteiger partial charge on any atom is -0.378 e. The number of amides is 1. The van der Waals surface area contributed by atoms with Crippen molar-refractivity contribution in [2.24, 2.45) is 5.92 Å². The fraction of sp³-hybridized carbons (Fsp3) is 0.625. The van der Waals surface area contributed by atoms with E-state index in [1.807, 2.05) is 4.90 Å². The van der Waals surface area contributed by atoms with Crippen molar-refractivity contribution < 1.29 is 19.1 Å². The molecule has 0 spiro atoms. The van der Waals surface area contributed by atoms with Crippen LogP contribution in [0.1, 0.15) is 23.1 Å². The Kier molecular flexibility index (Phi) is 4.88. The quantitative estimate of drug-likeness (QED) is 0.521. The van der Waals surface area contributed by atoms with Gasteiger partial charge in [-0.2, -0.15) is 0 Å². The molecule has 3 rings (SSSR count). The van der Waals surface area contributed by atoms with Crippen LogP contribution in [-0.4, -0.2) is 77.9 Å². The van der Waals surface area contributed by atoms with E-state index in [9.17, 15) is 4.79 Å². The second kappa shape index (κ2) is 6.76. The number of morpholine rings is 1. The fourth-order valence-electron chi connectivity index (χ4n) is 3.24. The van der Waals surface area contributed by atoms with Crippen LogP contribution in [0.15, 0.2) is 18.2 Å². The average molecular weight is 326 g/mol. The zero-order valence-electron chi connectivity index (χ0n) is 14.3. The minimum absolute atomic E-state index is 0.116. The molecule has 2 aliphatic rings. The normalized spacial score (nSPS) is 19.8. The maximum Gasteiger partial charge on any atom is 0.323 e.